The van der Waals surface area contributed by atoms with Gasteiger partial charge in [0.2, 0.25) is 0 Å². The topological polar surface area (TPSA) is 58.0 Å². The number of rotatable bonds is 5. The highest BCUT2D eigenvalue weighted by Gasteiger charge is 2.12. The molecule has 4 heteroatoms. The molecule has 0 radical (unpaired) electrons. The van der Waals surface area contributed by atoms with Crippen molar-refractivity contribution in [2.45, 2.75) is 19.9 Å². The molecule has 1 heterocycles. The van der Waals surface area contributed by atoms with Gasteiger partial charge in [-0.2, -0.15) is 0 Å². The molecule has 0 saturated carbocycles. The van der Waals surface area contributed by atoms with Crippen molar-refractivity contribution in [1.82, 2.24) is 4.98 Å². The molecule has 1 aromatic heterocycles. The Balaban J connectivity index is 2.37. The SMILES string of the molecule is COc1cccc(C(=N)c2cccnc2NC(C)C)c1. The minimum atomic E-state index is 0.266. The van der Waals surface area contributed by atoms with Gasteiger partial charge in [-0.05, 0) is 38.1 Å². The lowest BCUT2D eigenvalue weighted by Crippen LogP contribution is -2.15. The molecule has 0 aliphatic rings. The van der Waals surface area contributed by atoms with Crippen LogP contribution in [0.15, 0.2) is 42.6 Å². The highest BCUT2D eigenvalue weighted by atomic mass is 16.5. The number of ether oxygens (including phenoxy) is 1. The van der Waals surface area contributed by atoms with E-state index >= 15 is 0 Å². The first-order valence-corrected chi connectivity index (χ1v) is 6.56. The molecule has 104 valence electrons. The first kappa shape index (κ1) is 14.1. The van der Waals surface area contributed by atoms with Gasteiger partial charge in [0, 0.05) is 23.4 Å². The Hall–Kier alpha value is -2.36. The summed E-state index contributed by atoms with van der Waals surface area (Å²) in [5.41, 5.74) is 2.03. The van der Waals surface area contributed by atoms with Crippen LogP contribution in [0.2, 0.25) is 0 Å². The minimum absolute atomic E-state index is 0.266. The van der Waals surface area contributed by atoms with E-state index in [-0.39, 0.29) is 6.04 Å². The number of aromatic nitrogens is 1. The summed E-state index contributed by atoms with van der Waals surface area (Å²) < 4.78 is 5.21. The average Bonchev–Trinajstić information content (AvgIpc) is 2.46. The van der Waals surface area contributed by atoms with Crippen molar-refractivity contribution in [1.29, 1.82) is 5.41 Å². The normalized spacial score (nSPS) is 10.4. The van der Waals surface area contributed by atoms with Gasteiger partial charge in [0.05, 0.1) is 12.8 Å². The quantitative estimate of drug-likeness (QED) is 0.819. The van der Waals surface area contributed by atoms with E-state index in [2.05, 4.69) is 10.3 Å². The predicted molar refractivity (Wildman–Crippen MR) is 81.9 cm³/mol. The Morgan fingerprint density at radius 2 is 2.05 bits per heavy atom. The van der Waals surface area contributed by atoms with Crippen molar-refractivity contribution >= 4 is 11.5 Å². The van der Waals surface area contributed by atoms with Gasteiger partial charge in [-0.3, -0.25) is 5.41 Å². The Kier molecular flexibility index (Phi) is 4.35. The first-order chi connectivity index (χ1) is 9.61. The maximum Gasteiger partial charge on any atom is 0.135 e. The Bertz CT molecular complexity index is 608. The lowest BCUT2D eigenvalue weighted by atomic mass is 10.0. The largest absolute Gasteiger partial charge is 0.497 e. The molecule has 2 N–H and O–H groups in total. The summed E-state index contributed by atoms with van der Waals surface area (Å²) in [5, 5.41) is 11.7. The van der Waals surface area contributed by atoms with Gasteiger partial charge in [-0.25, -0.2) is 4.98 Å². The van der Waals surface area contributed by atoms with Crippen molar-refractivity contribution in [3.63, 3.8) is 0 Å². The molecule has 1 aromatic carbocycles. The molecule has 2 rings (SSSR count). The highest BCUT2D eigenvalue weighted by Crippen LogP contribution is 2.20. The molecule has 0 spiro atoms. The summed E-state index contributed by atoms with van der Waals surface area (Å²) >= 11 is 0. The third-order valence-corrected chi connectivity index (χ3v) is 2.86. The smallest absolute Gasteiger partial charge is 0.135 e. The zero-order valence-electron chi connectivity index (χ0n) is 12.0. The molecule has 0 saturated heterocycles. The fourth-order valence-electron chi connectivity index (χ4n) is 1.93. The standard InChI is InChI=1S/C16H19N3O/c1-11(2)19-16-14(8-5-9-18-16)15(17)12-6-4-7-13(10-12)20-3/h4-11,17H,1-3H3,(H,18,19). The summed E-state index contributed by atoms with van der Waals surface area (Å²) in [6.07, 6.45) is 1.73. The average molecular weight is 269 g/mol. The molecular weight excluding hydrogens is 250 g/mol. The van der Waals surface area contributed by atoms with Gasteiger partial charge in [0.1, 0.15) is 11.6 Å². The van der Waals surface area contributed by atoms with Crippen LogP contribution in [-0.4, -0.2) is 23.8 Å². The molecule has 0 bridgehead atoms. The van der Waals surface area contributed by atoms with E-state index in [1.165, 1.54) is 0 Å². The lowest BCUT2D eigenvalue weighted by Gasteiger charge is -2.14. The van der Waals surface area contributed by atoms with Gasteiger partial charge in [-0.1, -0.05) is 12.1 Å². The monoisotopic (exact) mass is 269 g/mol. The second kappa shape index (κ2) is 6.19. The molecule has 20 heavy (non-hydrogen) atoms. The molecule has 0 fully saturated rings. The fourth-order valence-corrected chi connectivity index (χ4v) is 1.93. The van der Waals surface area contributed by atoms with Crippen molar-refractivity contribution in [3.05, 3.63) is 53.7 Å². The van der Waals surface area contributed by atoms with Crippen LogP contribution in [0.25, 0.3) is 0 Å². The Labute approximate surface area is 119 Å². The number of methoxy groups -OCH3 is 1. The third kappa shape index (κ3) is 3.15. The zero-order valence-corrected chi connectivity index (χ0v) is 12.0. The van der Waals surface area contributed by atoms with Crippen LogP contribution in [0.4, 0.5) is 5.82 Å². The number of nitrogens with zero attached hydrogens (tertiary/aromatic N) is 1. The van der Waals surface area contributed by atoms with Crippen LogP contribution >= 0.6 is 0 Å². The predicted octanol–water partition coefficient (Wildman–Crippen LogP) is 3.33. The molecule has 0 aliphatic heterocycles. The highest BCUT2D eigenvalue weighted by molar-refractivity contribution is 6.13. The third-order valence-electron chi connectivity index (χ3n) is 2.86. The molecule has 0 amide bonds. The summed E-state index contributed by atoms with van der Waals surface area (Å²) in [5.74, 6) is 1.48. The second-order valence-electron chi connectivity index (χ2n) is 4.81. The number of hydrogen-bond donors (Lipinski definition) is 2. The Morgan fingerprint density at radius 1 is 1.25 bits per heavy atom. The molecule has 0 aliphatic carbocycles. The van der Waals surface area contributed by atoms with Gasteiger partial charge < -0.3 is 10.1 Å². The van der Waals surface area contributed by atoms with E-state index in [0.717, 1.165) is 22.7 Å². The summed E-state index contributed by atoms with van der Waals surface area (Å²) in [6, 6.07) is 11.5. The summed E-state index contributed by atoms with van der Waals surface area (Å²) in [6.45, 7) is 4.10. The Morgan fingerprint density at radius 3 is 2.75 bits per heavy atom. The number of anilines is 1. The lowest BCUT2D eigenvalue weighted by molar-refractivity contribution is 0.414. The van der Waals surface area contributed by atoms with Crippen LogP contribution in [0, 0.1) is 5.41 Å². The van der Waals surface area contributed by atoms with Crippen LogP contribution in [-0.2, 0) is 0 Å². The van der Waals surface area contributed by atoms with Gasteiger partial charge in [0.15, 0.2) is 0 Å². The summed E-state index contributed by atoms with van der Waals surface area (Å²) in [7, 11) is 1.62. The number of nitrogens with one attached hydrogen (secondary N) is 2. The van der Waals surface area contributed by atoms with E-state index in [0.29, 0.717) is 5.71 Å². The zero-order chi connectivity index (χ0) is 14.5. The molecule has 0 unspecified atom stereocenters. The maximum absolute atomic E-state index is 8.39. The van der Waals surface area contributed by atoms with Gasteiger partial charge in [0.25, 0.3) is 0 Å². The van der Waals surface area contributed by atoms with Crippen LogP contribution in [0.1, 0.15) is 25.0 Å². The van der Waals surface area contributed by atoms with Crippen molar-refractivity contribution in [2.75, 3.05) is 12.4 Å². The second-order valence-corrected chi connectivity index (χ2v) is 4.81. The van der Waals surface area contributed by atoms with E-state index in [1.807, 2.05) is 50.2 Å². The van der Waals surface area contributed by atoms with E-state index in [4.69, 9.17) is 10.1 Å². The van der Waals surface area contributed by atoms with Gasteiger partial charge >= 0.3 is 0 Å². The number of pyridine rings is 1. The van der Waals surface area contributed by atoms with Crippen molar-refractivity contribution in [2.24, 2.45) is 0 Å². The van der Waals surface area contributed by atoms with Crippen molar-refractivity contribution < 1.29 is 4.74 Å². The van der Waals surface area contributed by atoms with E-state index < -0.39 is 0 Å². The van der Waals surface area contributed by atoms with Crippen molar-refractivity contribution in [3.8, 4) is 5.75 Å². The van der Waals surface area contributed by atoms with Crippen LogP contribution < -0.4 is 10.1 Å². The van der Waals surface area contributed by atoms with Gasteiger partial charge in [-0.15, -0.1) is 0 Å². The minimum Gasteiger partial charge on any atom is -0.497 e. The first-order valence-electron chi connectivity index (χ1n) is 6.56. The molecule has 2 aromatic rings. The fraction of sp³-hybridized carbons (Fsp3) is 0.250. The van der Waals surface area contributed by atoms with Crippen LogP contribution in [0.3, 0.4) is 0 Å². The number of benzene rings is 1. The maximum atomic E-state index is 8.39. The van der Waals surface area contributed by atoms with E-state index in [9.17, 15) is 0 Å². The number of hydrogen-bond acceptors (Lipinski definition) is 4. The van der Waals surface area contributed by atoms with E-state index in [1.54, 1.807) is 13.3 Å². The molecular formula is C16H19N3O. The molecule has 0 atom stereocenters. The van der Waals surface area contributed by atoms with Crippen LogP contribution in [0.5, 0.6) is 5.75 Å². The molecule has 4 nitrogen and oxygen atoms in total. The summed E-state index contributed by atoms with van der Waals surface area (Å²) in [4.78, 5) is 4.32.